The quantitative estimate of drug-likeness (QED) is 0.478. The fourth-order valence-corrected chi connectivity index (χ4v) is 2.67. The van der Waals surface area contributed by atoms with Gasteiger partial charge in [-0.3, -0.25) is 5.10 Å². The van der Waals surface area contributed by atoms with Gasteiger partial charge in [0.25, 0.3) is 0 Å². The molecule has 0 radical (unpaired) electrons. The molecule has 4 aromatic rings. The Balaban J connectivity index is 1.73. The van der Waals surface area contributed by atoms with E-state index in [1.165, 1.54) is 12.1 Å². The van der Waals surface area contributed by atoms with Crippen LogP contribution in [0.25, 0.3) is 10.9 Å². The van der Waals surface area contributed by atoms with Crippen molar-refractivity contribution in [3.63, 3.8) is 0 Å². The molecule has 136 valence electrons. The van der Waals surface area contributed by atoms with Crippen LogP contribution in [0.2, 0.25) is 0 Å². The molecule has 0 spiro atoms. The minimum absolute atomic E-state index is 0.0886. The Morgan fingerprint density at radius 2 is 1.85 bits per heavy atom. The van der Waals surface area contributed by atoms with Crippen molar-refractivity contribution in [2.24, 2.45) is 0 Å². The Bertz CT molecular complexity index is 1110. The summed E-state index contributed by atoms with van der Waals surface area (Å²) in [6.45, 7) is 2.02. The van der Waals surface area contributed by atoms with E-state index >= 15 is 0 Å². The number of benzene rings is 2. The second kappa shape index (κ2) is 6.99. The van der Waals surface area contributed by atoms with Gasteiger partial charge in [-0.1, -0.05) is 19.1 Å². The van der Waals surface area contributed by atoms with Gasteiger partial charge in [0, 0.05) is 23.2 Å². The lowest BCUT2D eigenvalue weighted by Crippen LogP contribution is -2.03. The third kappa shape index (κ3) is 3.55. The van der Waals surface area contributed by atoms with E-state index in [1.54, 1.807) is 0 Å². The summed E-state index contributed by atoms with van der Waals surface area (Å²) in [7, 11) is 0. The minimum atomic E-state index is -0.721. The van der Waals surface area contributed by atoms with Gasteiger partial charge in [-0.05, 0) is 30.7 Å². The van der Waals surface area contributed by atoms with Crippen LogP contribution < -0.4 is 10.6 Å². The van der Waals surface area contributed by atoms with Crippen molar-refractivity contribution >= 4 is 34.2 Å². The number of aromatic nitrogens is 4. The summed E-state index contributed by atoms with van der Waals surface area (Å²) in [4.78, 5) is 8.85. The fourth-order valence-electron chi connectivity index (χ4n) is 2.67. The van der Waals surface area contributed by atoms with Crippen LogP contribution in [-0.2, 0) is 6.42 Å². The number of nitrogens with one attached hydrogen (secondary N) is 3. The average molecular weight is 366 g/mol. The summed E-state index contributed by atoms with van der Waals surface area (Å²) >= 11 is 0. The van der Waals surface area contributed by atoms with Crippen LogP contribution in [0, 0.1) is 11.6 Å². The van der Waals surface area contributed by atoms with E-state index in [9.17, 15) is 8.78 Å². The Morgan fingerprint density at radius 1 is 1.00 bits per heavy atom. The van der Waals surface area contributed by atoms with Crippen LogP contribution in [0.1, 0.15) is 12.6 Å². The van der Waals surface area contributed by atoms with Crippen molar-refractivity contribution in [1.29, 1.82) is 0 Å². The van der Waals surface area contributed by atoms with Crippen molar-refractivity contribution in [2.45, 2.75) is 13.3 Å². The van der Waals surface area contributed by atoms with E-state index in [0.29, 0.717) is 17.2 Å². The van der Waals surface area contributed by atoms with E-state index in [4.69, 9.17) is 0 Å². The predicted octanol–water partition coefficient (Wildman–Crippen LogP) is 4.68. The zero-order valence-electron chi connectivity index (χ0n) is 14.4. The highest BCUT2D eigenvalue weighted by molar-refractivity contribution is 5.91. The van der Waals surface area contributed by atoms with Crippen molar-refractivity contribution < 1.29 is 8.78 Å². The molecule has 0 atom stereocenters. The molecule has 27 heavy (non-hydrogen) atoms. The van der Waals surface area contributed by atoms with Crippen LogP contribution in [0.5, 0.6) is 0 Å². The maximum atomic E-state index is 14.0. The van der Waals surface area contributed by atoms with Gasteiger partial charge in [0.2, 0.25) is 5.95 Å². The molecule has 3 N–H and O–H groups in total. The normalized spacial score (nSPS) is 10.9. The van der Waals surface area contributed by atoms with Gasteiger partial charge in [0.15, 0.2) is 5.82 Å². The molecule has 6 nitrogen and oxygen atoms in total. The molecule has 0 amide bonds. The Morgan fingerprint density at radius 3 is 2.63 bits per heavy atom. The highest BCUT2D eigenvalue weighted by Crippen LogP contribution is 2.26. The molecule has 0 saturated carbocycles. The molecular formula is C19H16F2N6. The largest absolute Gasteiger partial charge is 0.323 e. The number of H-pyrrole nitrogens is 1. The van der Waals surface area contributed by atoms with Gasteiger partial charge >= 0.3 is 0 Å². The first-order valence-electron chi connectivity index (χ1n) is 8.42. The van der Waals surface area contributed by atoms with Gasteiger partial charge in [0.05, 0.1) is 11.2 Å². The minimum Gasteiger partial charge on any atom is -0.323 e. The van der Waals surface area contributed by atoms with Gasteiger partial charge in [0.1, 0.15) is 17.5 Å². The number of hydrogen-bond donors (Lipinski definition) is 3. The van der Waals surface area contributed by atoms with Crippen LogP contribution in [0.4, 0.5) is 32.1 Å². The van der Waals surface area contributed by atoms with E-state index in [-0.39, 0.29) is 11.6 Å². The van der Waals surface area contributed by atoms with Crippen molar-refractivity contribution in [3.8, 4) is 0 Å². The second-order valence-electron chi connectivity index (χ2n) is 5.92. The number of hydrogen-bond acceptors (Lipinski definition) is 5. The number of nitrogens with zero attached hydrogens (tertiary/aromatic N) is 3. The SMILES string of the molecule is CCc1cc(Nc2nc(Nc3ccc(F)cc3F)nc3ccccc23)n[nH]1. The molecular weight excluding hydrogens is 350 g/mol. The third-order valence-electron chi connectivity index (χ3n) is 4.04. The Kier molecular flexibility index (Phi) is 4.37. The number of aromatic amines is 1. The molecule has 2 aromatic heterocycles. The summed E-state index contributed by atoms with van der Waals surface area (Å²) in [5.74, 6) is -0.0337. The summed E-state index contributed by atoms with van der Waals surface area (Å²) in [5, 5.41) is 13.9. The van der Waals surface area contributed by atoms with Gasteiger partial charge in [-0.2, -0.15) is 10.1 Å². The van der Waals surface area contributed by atoms with Crippen molar-refractivity contribution in [3.05, 3.63) is 65.9 Å². The summed E-state index contributed by atoms with van der Waals surface area (Å²) in [5.41, 5.74) is 1.75. The first-order valence-corrected chi connectivity index (χ1v) is 8.42. The first kappa shape index (κ1) is 16.9. The third-order valence-corrected chi connectivity index (χ3v) is 4.04. The van der Waals surface area contributed by atoms with Crippen molar-refractivity contribution in [2.75, 3.05) is 10.6 Å². The standard InChI is InChI=1S/C19H16F2N6/c1-2-12-10-17(27-26-12)24-18-13-5-3-4-6-15(13)22-19(25-18)23-16-8-7-11(20)9-14(16)21/h3-10H,2H2,1H3,(H3,22,23,24,25,26,27). The lowest BCUT2D eigenvalue weighted by Gasteiger charge is -2.11. The van der Waals surface area contributed by atoms with Crippen LogP contribution >= 0.6 is 0 Å². The van der Waals surface area contributed by atoms with Gasteiger partial charge < -0.3 is 10.6 Å². The molecule has 8 heteroatoms. The average Bonchev–Trinajstić information content (AvgIpc) is 3.12. The maximum absolute atomic E-state index is 14.0. The van der Waals surface area contributed by atoms with E-state index < -0.39 is 11.6 Å². The van der Waals surface area contributed by atoms with E-state index in [1.807, 2.05) is 37.3 Å². The zero-order valence-corrected chi connectivity index (χ0v) is 14.4. The molecule has 0 aliphatic rings. The van der Waals surface area contributed by atoms with Gasteiger partial charge in [-0.15, -0.1) is 0 Å². The molecule has 4 rings (SSSR count). The summed E-state index contributed by atoms with van der Waals surface area (Å²) in [6, 6.07) is 12.6. The molecule has 2 aromatic carbocycles. The Hall–Kier alpha value is -3.55. The van der Waals surface area contributed by atoms with Crippen LogP contribution in [0.15, 0.2) is 48.5 Å². The van der Waals surface area contributed by atoms with Gasteiger partial charge in [-0.25, -0.2) is 13.8 Å². The lowest BCUT2D eigenvalue weighted by atomic mass is 10.2. The second-order valence-corrected chi connectivity index (χ2v) is 5.92. The molecule has 0 saturated heterocycles. The number of fused-ring (bicyclic) bond motifs is 1. The first-order chi connectivity index (χ1) is 13.1. The zero-order chi connectivity index (χ0) is 18.8. The maximum Gasteiger partial charge on any atom is 0.229 e. The van der Waals surface area contributed by atoms with Crippen LogP contribution in [0.3, 0.4) is 0 Å². The lowest BCUT2D eigenvalue weighted by molar-refractivity contribution is 0.586. The molecule has 2 heterocycles. The van der Waals surface area contributed by atoms with E-state index in [0.717, 1.165) is 23.6 Å². The number of rotatable bonds is 5. The number of aryl methyl sites for hydroxylation is 1. The molecule has 0 bridgehead atoms. The number of para-hydroxylation sites is 1. The smallest absolute Gasteiger partial charge is 0.229 e. The number of halogens is 2. The topological polar surface area (TPSA) is 78.5 Å². The molecule has 0 fully saturated rings. The summed E-state index contributed by atoms with van der Waals surface area (Å²) in [6.07, 6.45) is 0.829. The monoisotopic (exact) mass is 366 g/mol. The highest BCUT2D eigenvalue weighted by Gasteiger charge is 2.11. The molecule has 0 unspecified atom stereocenters. The van der Waals surface area contributed by atoms with Crippen molar-refractivity contribution in [1.82, 2.24) is 20.2 Å². The van der Waals surface area contributed by atoms with E-state index in [2.05, 4.69) is 30.8 Å². The predicted molar refractivity (Wildman–Crippen MR) is 100 cm³/mol. The van der Waals surface area contributed by atoms with Crippen LogP contribution in [-0.4, -0.2) is 20.2 Å². The number of anilines is 4. The summed E-state index contributed by atoms with van der Waals surface area (Å²) < 4.78 is 27.1. The molecule has 0 aliphatic carbocycles. The fraction of sp³-hybridized carbons (Fsp3) is 0.105. The highest BCUT2D eigenvalue weighted by atomic mass is 19.1. The molecule has 0 aliphatic heterocycles. The Labute approximate surface area is 153 Å².